The van der Waals surface area contributed by atoms with Crippen molar-refractivity contribution >= 4 is 114 Å². The number of carboxylic acid groups (broad SMARTS) is 1. The van der Waals surface area contributed by atoms with Gasteiger partial charge in [-0.05, 0) is 125 Å². The van der Waals surface area contributed by atoms with E-state index in [2.05, 4.69) is 44.3 Å². The number of rotatable bonds is 12. The molecule has 2 aromatic heterocycles. The number of aromatic amines is 1. The summed E-state index contributed by atoms with van der Waals surface area (Å²) in [5, 5.41) is 25.5. The smallest absolute Gasteiger partial charge is 0.545 e. The third-order valence-corrected chi connectivity index (χ3v) is 14.4. The molecule has 3 heterocycles. The van der Waals surface area contributed by atoms with E-state index in [1.165, 1.54) is 71.5 Å². The quantitative estimate of drug-likeness (QED) is 0.117. The Morgan fingerprint density at radius 1 is 0.933 bits per heavy atom. The topological polar surface area (TPSA) is 221 Å². The maximum atomic E-state index is 12.9. The van der Waals surface area contributed by atoms with Gasteiger partial charge >= 0.3 is 35.5 Å². The summed E-state index contributed by atoms with van der Waals surface area (Å²) in [6.45, 7) is 10.5. The molecule has 3 aliphatic rings. The largest absolute Gasteiger partial charge is 1.00 e. The third-order valence-electron chi connectivity index (χ3n) is 11.2. The number of ether oxygens (including phenoxy) is 2. The van der Waals surface area contributed by atoms with E-state index in [-0.39, 0.29) is 82.8 Å². The molecule has 3 fully saturated rings. The van der Waals surface area contributed by atoms with Crippen LogP contribution in [0.3, 0.4) is 0 Å². The van der Waals surface area contributed by atoms with E-state index in [1.807, 2.05) is 67.8 Å². The first kappa shape index (κ1) is 52.9. The summed E-state index contributed by atoms with van der Waals surface area (Å²) >= 11 is 5.61. The van der Waals surface area contributed by atoms with E-state index in [0.717, 1.165) is 45.3 Å². The Balaban J connectivity index is 0.000000240. The summed E-state index contributed by atoms with van der Waals surface area (Å²) in [6.07, 6.45) is 16.4. The second kappa shape index (κ2) is 25.7. The molecule has 20 heteroatoms. The summed E-state index contributed by atoms with van der Waals surface area (Å²) < 4.78 is 14.4. The molecule has 0 radical (unpaired) electrons. The Morgan fingerprint density at radius 2 is 1.52 bits per heavy atom. The number of amides is 2. The van der Waals surface area contributed by atoms with Crippen LogP contribution in [0.15, 0.2) is 17.4 Å². The first-order valence-corrected chi connectivity index (χ1v) is 23.5. The van der Waals surface area contributed by atoms with Crippen molar-refractivity contribution in [3.05, 3.63) is 39.3 Å². The van der Waals surface area contributed by atoms with Crippen LogP contribution in [0, 0.1) is 22.0 Å². The van der Waals surface area contributed by atoms with Gasteiger partial charge in [0.05, 0.1) is 51.7 Å². The summed E-state index contributed by atoms with van der Waals surface area (Å²) in [4.78, 5) is 71.1. The van der Waals surface area contributed by atoms with Gasteiger partial charge in [0.15, 0.2) is 11.2 Å². The Hall–Kier alpha value is -1.48. The number of imidazole rings is 1. The van der Waals surface area contributed by atoms with Crippen LogP contribution in [-0.2, 0) is 23.9 Å². The average Bonchev–Trinajstić information content (AvgIpc) is 3.89. The van der Waals surface area contributed by atoms with Crippen LogP contribution in [0.2, 0.25) is 0 Å². The zero-order chi connectivity index (χ0) is 43.3. The fraction of sp³-hybridized carbons (Fsp3) is 0.625. The molecule has 6 rings (SSSR count). The number of esters is 1. The standard InChI is InChI=1S/C19H35NO2.C11H9I3N2O4.C10H12N4O3.Na/c1-3-20(4-2)15-16-22-18(21)19(13-9-6-10-14-19)17-11-7-5-8-12-17;1-3(17)15-9-6(12)5(11(19)20)7(13)10(8(9)14)16-4(2)18;15-3-6-1-2-7(17-6)14-5-13-8-9(14)11-4-12-10(8)16;/h17H,3-16H2,1-2H3;1-2H3,(H,15,17)(H,16,18)(H,19,20);4-7,15H,1-3H2,(H,11,12,16);/q;;;+1/p-1/t;;6-,7+;/m..0./s1. The number of hydrogen-bond donors (Lipinski definition) is 4. The van der Waals surface area contributed by atoms with Crippen molar-refractivity contribution in [3.8, 4) is 0 Å². The molecule has 60 heavy (non-hydrogen) atoms. The van der Waals surface area contributed by atoms with Crippen molar-refractivity contribution in [1.29, 1.82) is 0 Å². The number of aromatic nitrogens is 4. The number of nitrogens with one attached hydrogen (secondary N) is 3. The number of hydrogen-bond acceptors (Lipinski definition) is 12. The molecule has 1 saturated heterocycles. The van der Waals surface area contributed by atoms with E-state index >= 15 is 0 Å². The maximum absolute atomic E-state index is 12.9. The number of carbonyl (C=O) groups is 4. The van der Waals surface area contributed by atoms with Gasteiger partial charge in [-0.2, -0.15) is 0 Å². The van der Waals surface area contributed by atoms with Gasteiger partial charge < -0.3 is 45.0 Å². The van der Waals surface area contributed by atoms with Gasteiger partial charge in [0.1, 0.15) is 12.8 Å². The van der Waals surface area contributed by atoms with Crippen LogP contribution in [0.4, 0.5) is 11.4 Å². The molecule has 2 amide bonds. The molecule has 1 aromatic carbocycles. The molecular formula is C40H55I3N7NaO9. The number of aliphatic hydroxyl groups is 1. The summed E-state index contributed by atoms with van der Waals surface area (Å²) in [5.41, 5.74) is 1.07. The summed E-state index contributed by atoms with van der Waals surface area (Å²) in [7, 11) is 0. The van der Waals surface area contributed by atoms with E-state index in [0.29, 0.717) is 45.8 Å². The van der Waals surface area contributed by atoms with E-state index in [1.54, 1.807) is 10.9 Å². The van der Waals surface area contributed by atoms with Crippen molar-refractivity contribution < 1.29 is 68.4 Å². The molecule has 0 spiro atoms. The molecule has 4 N–H and O–H groups in total. The molecular weight excluding hydrogens is 1130 g/mol. The first-order valence-electron chi connectivity index (χ1n) is 20.2. The fourth-order valence-electron chi connectivity index (χ4n) is 8.08. The van der Waals surface area contributed by atoms with Gasteiger partial charge in [0, 0.05) is 33.1 Å². The van der Waals surface area contributed by atoms with E-state index in [4.69, 9.17) is 14.6 Å². The van der Waals surface area contributed by atoms with Crippen LogP contribution in [0.25, 0.3) is 11.2 Å². The molecule has 326 valence electrons. The number of aromatic carboxylic acids is 1. The van der Waals surface area contributed by atoms with Crippen LogP contribution >= 0.6 is 67.8 Å². The van der Waals surface area contributed by atoms with Crippen LogP contribution in [-0.4, -0.2) is 92.2 Å². The Morgan fingerprint density at radius 3 is 2.03 bits per heavy atom. The minimum absolute atomic E-state index is 0. The number of aliphatic hydroxyl groups excluding tert-OH is 1. The van der Waals surface area contributed by atoms with Crippen LogP contribution < -0.4 is 50.9 Å². The first-order chi connectivity index (χ1) is 28.2. The molecule has 0 bridgehead atoms. The normalized spacial score (nSPS) is 18.6. The number of carboxylic acids is 1. The maximum Gasteiger partial charge on any atom is 1.00 e. The van der Waals surface area contributed by atoms with Gasteiger partial charge in [-0.3, -0.25) is 23.7 Å². The number of halogens is 3. The van der Waals surface area contributed by atoms with Crippen molar-refractivity contribution in [2.24, 2.45) is 11.3 Å². The van der Waals surface area contributed by atoms with Crippen molar-refractivity contribution in [3.63, 3.8) is 0 Å². The summed E-state index contributed by atoms with van der Waals surface area (Å²) in [6, 6.07) is 0. The molecule has 16 nitrogen and oxygen atoms in total. The number of H-pyrrole nitrogens is 1. The Kier molecular flexibility index (Phi) is 22.7. The molecule has 1 aliphatic heterocycles. The SMILES string of the molecule is CC(=O)Nc1c(I)c(NC(C)=O)c(I)c(C(=O)[O-])c1I.CCN(CC)CCOC(=O)C1(C2CCCCC2)CCCCC1.O=c1[nH]cnc2c1ncn2[C@H]1CC[C@@H](CO)O1.[Na+]. The molecule has 0 unspecified atom stereocenters. The third kappa shape index (κ3) is 13.8. The summed E-state index contributed by atoms with van der Waals surface area (Å²) in [5.74, 6) is -1.32. The van der Waals surface area contributed by atoms with Gasteiger partial charge in [-0.1, -0.05) is 52.4 Å². The second-order valence-corrected chi connectivity index (χ2v) is 18.2. The average molecular weight is 1180 g/mol. The van der Waals surface area contributed by atoms with Crippen molar-refractivity contribution in [2.75, 3.05) is 43.5 Å². The number of likely N-dealkylation sites (N-methyl/N-ethyl adjacent to an activating group) is 1. The minimum Gasteiger partial charge on any atom is -0.545 e. The Bertz CT molecular complexity index is 1940. The van der Waals surface area contributed by atoms with Gasteiger partial charge in [0.25, 0.3) is 5.56 Å². The Labute approximate surface area is 414 Å². The van der Waals surface area contributed by atoms with Gasteiger partial charge in [-0.15, -0.1) is 0 Å². The number of carbonyl (C=O) groups excluding carboxylic acids is 4. The number of fused-ring (bicyclic) bond motifs is 1. The second-order valence-electron chi connectivity index (χ2n) is 15.0. The van der Waals surface area contributed by atoms with Crippen LogP contribution in [0.1, 0.15) is 121 Å². The molecule has 2 aliphatic carbocycles. The predicted octanol–water partition coefficient (Wildman–Crippen LogP) is 2.98. The number of benzene rings is 1. The van der Waals surface area contributed by atoms with Crippen molar-refractivity contribution in [1.82, 2.24) is 24.4 Å². The zero-order valence-electron chi connectivity index (χ0n) is 35.0. The van der Waals surface area contributed by atoms with Crippen molar-refractivity contribution in [2.45, 2.75) is 117 Å². The van der Waals surface area contributed by atoms with E-state index < -0.39 is 5.97 Å². The minimum atomic E-state index is -1.37. The van der Waals surface area contributed by atoms with Crippen LogP contribution in [0.5, 0.6) is 0 Å². The number of anilines is 2. The molecule has 2 saturated carbocycles. The van der Waals surface area contributed by atoms with E-state index in [9.17, 15) is 29.1 Å². The molecule has 2 atom stereocenters. The monoisotopic (exact) mass is 1180 g/mol. The van der Waals surface area contributed by atoms with Gasteiger partial charge in [-0.25, -0.2) is 9.97 Å². The predicted molar refractivity (Wildman–Crippen MR) is 247 cm³/mol. The fourth-order valence-corrected chi connectivity index (χ4v) is 12.2. The van der Waals surface area contributed by atoms with Gasteiger partial charge in [0.2, 0.25) is 11.8 Å². The zero-order valence-corrected chi connectivity index (χ0v) is 43.5. The molecule has 3 aromatic rings. The number of nitrogens with zero attached hydrogens (tertiary/aromatic N) is 4.